The molecule has 6 nitrogen and oxygen atoms in total. The number of aromatic nitrogens is 4. The van der Waals surface area contributed by atoms with Gasteiger partial charge in [0.25, 0.3) is 0 Å². The number of fused-ring (bicyclic) bond motifs is 2. The fraction of sp³-hybridized carbons (Fsp3) is 0.343. The third-order valence-corrected chi connectivity index (χ3v) is 8.26. The van der Waals surface area contributed by atoms with E-state index in [0.29, 0.717) is 12.1 Å². The largest absolute Gasteiger partial charge is 0.456 e. The highest BCUT2D eigenvalue weighted by molar-refractivity contribution is 6.32. The number of nitrogens with zero attached hydrogens (tertiary/aromatic N) is 4. The Bertz CT molecular complexity index is 1790. The van der Waals surface area contributed by atoms with Crippen molar-refractivity contribution in [1.29, 1.82) is 0 Å². The Morgan fingerprint density at radius 2 is 1.76 bits per heavy atom. The molecule has 3 aromatic carbocycles. The lowest BCUT2D eigenvalue weighted by Crippen LogP contribution is -2.24. The number of carbonyl (C=O) groups is 1. The zero-order valence-electron chi connectivity index (χ0n) is 25.0. The van der Waals surface area contributed by atoms with Crippen LogP contribution in [0.3, 0.4) is 0 Å². The van der Waals surface area contributed by atoms with E-state index in [4.69, 9.17) is 26.3 Å². The van der Waals surface area contributed by atoms with Crippen molar-refractivity contribution < 1.29 is 9.53 Å². The summed E-state index contributed by atoms with van der Waals surface area (Å²) in [5.41, 5.74) is 8.11. The molecule has 0 fully saturated rings. The number of rotatable bonds is 6. The molecular formula is C35H37ClN4O2. The average Bonchev–Trinajstić information content (AvgIpc) is 3.50. The lowest BCUT2D eigenvalue weighted by molar-refractivity contribution is 0.00704. The number of esters is 1. The molecular weight excluding hydrogens is 544 g/mol. The van der Waals surface area contributed by atoms with Gasteiger partial charge in [0, 0.05) is 31.5 Å². The van der Waals surface area contributed by atoms with E-state index in [0.717, 1.165) is 93.6 Å². The highest BCUT2D eigenvalue weighted by Gasteiger charge is 2.23. The van der Waals surface area contributed by atoms with Gasteiger partial charge >= 0.3 is 5.97 Å². The van der Waals surface area contributed by atoms with Crippen LogP contribution in [0.4, 0.5) is 0 Å². The summed E-state index contributed by atoms with van der Waals surface area (Å²) >= 11 is 6.86. The minimum Gasteiger partial charge on any atom is -0.456 e. The number of carbonyl (C=O) groups excluding carboxylic acids is 1. The van der Waals surface area contributed by atoms with Crippen molar-refractivity contribution >= 4 is 28.6 Å². The second-order valence-electron chi connectivity index (χ2n) is 12.1. The molecule has 0 saturated heterocycles. The molecule has 2 aromatic heterocycles. The van der Waals surface area contributed by atoms with Gasteiger partial charge < -0.3 is 13.9 Å². The maximum Gasteiger partial charge on any atom is 0.339 e. The van der Waals surface area contributed by atoms with Crippen LogP contribution in [0.25, 0.3) is 33.4 Å². The van der Waals surface area contributed by atoms with Crippen LogP contribution in [-0.2, 0) is 30.7 Å². The average molecular weight is 581 g/mol. The Labute approximate surface area is 252 Å². The molecule has 42 heavy (non-hydrogen) atoms. The molecule has 7 heteroatoms. The van der Waals surface area contributed by atoms with Crippen LogP contribution in [0.1, 0.15) is 73.7 Å². The molecule has 0 spiro atoms. The molecule has 6 rings (SSSR count). The third kappa shape index (κ3) is 5.36. The van der Waals surface area contributed by atoms with E-state index in [1.54, 1.807) is 0 Å². The molecule has 1 aliphatic rings. The van der Waals surface area contributed by atoms with Gasteiger partial charge in [-0.3, -0.25) is 0 Å². The fourth-order valence-electron chi connectivity index (χ4n) is 5.87. The summed E-state index contributed by atoms with van der Waals surface area (Å²) in [6.45, 7) is 11.5. The van der Waals surface area contributed by atoms with Crippen LogP contribution >= 0.6 is 11.6 Å². The number of hydrogen-bond donors (Lipinski definition) is 0. The van der Waals surface area contributed by atoms with Gasteiger partial charge in [0.05, 0.1) is 16.6 Å². The first kappa shape index (κ1) is 28.2. The number of benzene rings is 3. The van der Waals surface area contributed by atoms with Gasteiger partial charge in [-0.25, -0.2) is 14.8 Å². The van der Waals surface area contributed by atoms with E-state index in [1.165, 1.54) is 0 Å². The zero-order valence-corrected chi connectivity index (χ0v) is 25.8. The van der Waals surface area contributed by atoms with E-state index in [-0.39, 0.29) is 5.97 Å². The van der Waals surface area contributed by atoms with Crippen LogP contribution in [0.5, 0.6) is 0 Å². The number of aryl methyl sites for hydroxylation is 3. The topological polar surface area (TPSA) is 61.9 Å². The molecule has 0 atom stereocenters. The first-order valence-electron chi connectivity index (χ1n) is 14.8. The summed E-state index contributed by atoms with van der Waals surface area (Å²) in [6, 6.07) is 20.4. The predicted octanol–water partition coefficient (Wildman–Crippen LogP) is 8.43. The van der Waals surface area contributed by atoms with Gasteiger partial charge in [0.1, 0.15) is 28.1 Å². The van der Waals surface area contributed by atoms with Gasteiger partial charge in [-0.15, -0.1) is 0 Å². The Morgan fingerprint density at radius 3 is 2.48 bits per heavy atom. The first-order valence-corrected chi connectivity index (χ1v) is 15.2. The SMILES string of the molecule is CCc1nc2c(C)cc(-c3nc4n(c3Cl)CCCC4)cc2n1Cc1ccc(-c2ccccc2C(=O)OC(C)(C)C)cc1. The minimum atomic E-state index is -0.556. The van der Waals surface area contributed by atoms with Crippen LogP contribution in [-0.4, -0.2) is 30.7 Å². The quantitative estimate of drug-likeness (QED) is 0.189. The predicted molar refractivity (Wildman–Crippen MR) is 169 cm³/mol. The summed E-state index contributed by atoms with van der Waals surface area (Å²) in [7, 11) is 0. The Hall–Kier alpha value is -3.90. The van der Waals surface area contributed by atoms with Crippen molar-refractivity contribution in [3.05, 3.63) is 94.2 Å². The molecule has 0 unspecified atom stereocenters. The molecule has 0 aliphatic carbocycles. The lowest BCUT2D eigenvalue weighted by Gasteiger charge is -2.20. The zero-order chi connectivity index (χ0) is 29.6. The maximum atomic E-state index is 12.9. The fourth-order valence-corrected chi connectivity index (χ4v) is 6.21. The standard InChI is InChI=1S/C35H37ClN4O2/c1-6-29-37-31-22(2)19-25(32-33(36)39-18-10-9-13-30(39)38-32)20-28(31)40(29)21-23-14-16-24(17-15-23)26-11-7-8-12-27(26)34(41)42-35(3,4)5/h7-8,11-12,14-17,19-20H,6,9-10,13,18,21H2,1-5H3. The van der Waals surface area contributed by atoms with Crippen LogP contribution < -0.4 is 0 Å². The molecule has 1 aliphatic heterocycles. The van der Waals surface area contributed by atoms with Crippen LogP contribution in [0.15, 0.2) is 60.7 Å². The van der Waals surface area contributed by atoms with Crippen molar-refractivity contribution in [3.63, 3.8) is 0 Å². The second kappa shape index (κ2) is 11.1. The lowest BCUT2D eigenvalue weighted by atomic mass is 9.98. The van der Waals surface area contributed by atoms with Crippen molar-refractivity contribution in [2.75, 3.05) is 0 Å². The van der Waals surface area contributed by atoms with Gasteiger partial charge in [-0.2, -0.15) is 0 Å². The summed E-state index contributed by atoms with van der Waals surface area (Å²) in [6.07, 6.45) is 4.09. The number of hydrogen-bond acceptors (Lipinski definition) is 4. The number of imidazole rings is 2. The number of halogens is 1. The van der Waals surface area contributed by atoms with Gasteiger partial charge in [0.15, 0.2) is 0 Å². The van der Waals surface area contributed by atoms with Gasteiger partial charge in [-0.1, -0.05) is 61.0 Å². The third-order valence-electron chi connectivity index (χ3n) is 7.88. The Kier molecular flexibility index (Phi) is 7.44. The number of ether oxygens (including phenoxy) is 1. The maximum absolute atomic E-state index is 12.9. The molecule has 0 bridgehead atoms. The van der Waals surface area contributed by atoms with Gasteiger partial charge in [-0.05, 0) is 81.0 Å². The molecule has 3 heterocycles. The summed E-state index contributed by atoms with van der Waals surface area (Å²) in [5, 5.41) is 0.729. The normalized spacial score (nSPS) is 13.4. The summed E-state index contributed by atoms with van der Waals surface area (Å²) < 4.78 is 10.1. The highest BCUT2D eigenvalue weighted by atomic mass is 35.5. The first-order chi connectivity index (χ1) is 20.1. The second-order valence-corrected chi connectivity index (χ2v) is 12.5. The van der Waals surface area contributed by atoms with Crippen molar-refractivity contribution in [2.24, 2.45) is 0 Å². The molecule has 5 aromatic rings. The Morgan fingerprint density at radius 1 is 1.00 bits per heavy atom. The molecule has 0 saturated carbocycles. The molecule has 0 radical (unpaired) electrons. The van der Waals surface area contributed by atoms with E-state index in [2.05, 4.69) is 59.4 Å². The molecule has 0 N–H and O–H groups in total. The van der Waals surface area contributed by atoms with Crippen molar-refractivity contribution in [3.8, 4) is 22.4 Å². The minimum absolute atomic E-state index is 0.315. The van der Waals surface area contributed by atoms with Crippen molar-refractivity contribution in [1.82, 2.24) is 19.1 Å². The van der Waals surface area contributed by atoms with E-state index in [9.17, 15) is 4.79 Å². The highest BCUT2D eigenvalue weighted by Crippen LogP contribution is 2.35. The Balaban J connectivity index is 1.34. The van der Waals surface area contributed by atoms with Gasteiger partial charge in [0.2, 0.25) is 0 Å². The van der Waals surface area contributed by atoms with E-state index >= 15 is 0 Å². The smallest absolute Gasteiger partial charge is 0.339 e. The van der Waals surface area contributed by atoms with E-state index in [1.807, 2.05) is 45.0 Å². The van der Waals surface area contributed by atoms with E-state index < -0.39 is 5.60 Å². The van der Waals surface area contributed by atoms with Crippen LogP contribution in [0, 0.1) is 6.92 Å². The molecule has 0 amide bonds. The summed E-state index contributed by atoms with van der Waals surface area (Å²) in [5.74, 6) is 1.81. The van der Waals surface area contributed by atoms with Crippen molar-refractivity contribution in [2.45, 2.75) is 79.0 Å². The van der Waals surface area contributed by atoms with Crippen LogP contribution in [0.2, 0.25) is 5.15 Å². The monoisotopic (exact) mass is 580 g/mol. The molecule has 216 valence electrons. The summed E-state index contributed by atoms with van der Waals surface area (Å²) in [4.78, 5) is 22.9.